The number of aryl methyl sites for hydroxylation is 1. The smallest absolute Gasteiger partial charge is 0.453 e. The number of H-pyrrole nitrogens is 1. The molecule has 1 aromatic carbocycles. The van der Waals surface area contributed by atoms with Crippen LogP contribution in [0.3, 0.4) is 0 Å². The number of aromatic amines is 1. The van der Waals surface area contributed by atoms with Gasteiger partial charge in [-0.3, -0.25) is 0 Å². The predicted molar refractivity (Wildman–Crippen MR) is 112 cm³/mol. The number of benzene rings is 1. The third-order valence-corrected chi connectivity index (χ3v) is 5.37. The van der Waals surface area contributed by atoms with Gasteiger partial charge in [0.2, 0.25) is 0 Å². The first-order valence-electron chi connectivity index (χ1n) is 8.88. The van der Waals surface area contributed by atoms with Crippen molar-refractivity contribution in [3.63, 3.8) is 0 Å². The number of furan rings is 1. The topological polar surface area (TPSA) is 51.1 Å². The van der Waals surface area contributed by atoms with Crippen molar-refractivity contribution in [2.45, 2.75) is 26.1 Å². The predicted octanol–water partition coefficient (Wildman–Crippen LogP) is 6.85. The maximum absolute atomic E-state index is 12.7. The molecule has 3 aromatic rings. The molecule has 0 radical (unpaired) electrons. The summed E-state index contributed by atoms with van der Waals surface area (Å²) in [5.74, 6) is 1.06. The molecule has 0 amide bonds. The molecule has 1 aliphatic carbocycles. The number of hydrogen-bond donors (Lipinski definition) is 1. The van der Waals surface area contributed by atoms with Gasteiger partial charge in [0.05, 0.1) is 11.9 Å². The molecule has 0 atom stereocenters. The van der Waals surface area contributed by atoms with Crippen molar-refractivity contribution < 1.29 is 22.3 Å². The van der Waals surface area contributed by atoms with Gasteiger partial charge in [-0.2, -0.15) is 0 Å². The second kappa shape index (κ2) is 7.74. The van der Waals surface area contributed by atoms with Crippen molar-refractivity contribution in [2.24, 2.45) is 0 Å². The number of allylic oxidation sites excluding steroid dienone is 3. The number of alkyl halides is 3. The SMILES string of the molecule is Cc1ccc(-c2cnc(-c3ccc(C4=C(OC(F)(F)F)C=CCC4)o3)[nH]2)c(I)c1. The minimum absolute atomic E-state index is 0.237. The standard InChI is InChI=1S/C21H16F3IN2O2/c1-12-6-7-13(15(25)10-12)16-11-26-20(27-16)19-9-8-17(28-19)14-4-2-3-5-18(14)29-21(22,23)24/h3,5-11H,2,4H2,1H3,(H,26,27). The summed E-state index contributed by atoms with van der Waals surface area (Å²) < 4.78 is 49.1. The van der Waals surface area contributed by atoms with E-state index in [1.54, 1.807) is 24.4 Å². The fraction of sp³-hybridized carbons (Fsp3) is 0.190. The summed E-state index contributed by atoms with van der Waals surface area (Å²) in [6, 6.07) is 9.44. The van der Waals surface area contributed by atoms with Crippen LogP contribution in [-0.4, -0.2) is 16.3 Å². The van der Waals surface area contributed by atoms with Gasteiger partial charge in [0.1, 0.15) is 11.5 Å². The number of hydrogen-bond acceptors (Lipinski definition) is 3. The highest BCUT2D eigenvalue weighted by atomic mass is 127. The third-order valence-electron chi connectivity index (χ3n) is 4.48. The highest BCUT2D eigenvalue weighted by Gasteiger charge is 2.33. The zero-order valence-corrected chi connectivity index (χ0v) is 17.5. The summed E-state index contributed by atoms with van der Waals surface area (Å²) in [6.07, 6.45) is 0.964. The number of ether oxygens (including phenoxy) is 1. The van der Waals surface area contributed by atoms with Crippen molar-refractivity contribution in [3.8, 4) is 22.8 Å². The summed E-state index contributed by atoms with van der Waals surface area (Å²) in [6.45, 7) is 2.03. The molecule has 150 valence electrons. The third kappa shape index (κ3) is 4.42. The van der Waals surface area contributed by atoms with Gasteiger partial charge >= 0.3 is 6.36 Å². The van der Waals surface area contributed by atoms with Crippen LogP contribution in [0.1, 0.15) is 24.2 Å². The van der Waals surface area contributed by atoms with Crippen molar-refractivity contribution in [2.75, 3.05) is 0 Å². The van der Waals surface area contributed by atoms with E-state index < -0.39 is 6.36 Å². The second-order valence-electron chi connectivity index (χ2n) is 6.62. The van der Waals surface area contributed by atoms with Gasteiger partial charge in [-0.15, -0.1) is 13.2 Å². The summed E-state index contributed by atoms with van der Waals surface area (Å²) in [5.41, 5.74) is 3.40. The Bertz CT molecular complexity index is 1110. The molecule has 0 saturated carbocycles. The van der Waals surface area contributed by atoms with Crippen molar-refractivity contribution in [1.82, 2.24) is 9.97 Å². The van der Waals surface area contributed by atoms with Gasteiger partial charge in [0, 0.05) is 14.7 Å². The largest absolute Gasteiger partial charge is 0.573 e. The monoisotopic (exact) mass is 512 g/mol. The fourth-order valence-electron chi connectivity index (χ4n) is 3.16. The molecule has 4 rings (SSSR count). The summed E-state index contributed by atoms with van der Waals surface area (Å²) in [7, 11) is 0. The number of aromatic nitrogens is 2. The second-order valence-corrected chi connectivity index (χ2v) is 7.79. The molecule has 0 aliphatic heterocycles. The summed E-state index contributed by atoms with van der Waals surface area (Å²) >= 11 is 2.27. The molecule has 0 bridgehead atoms. The van der Waals surface area contributed by atoms with Crippen molar-refractivity contribution in [1.29, 1.82) is 0 Å². The molecule has 0 spiro atoms. The van der Waals surface area contributed by atoms with Gasteiger partial charge in [0.25, 0.3) is 0 Å². The Morgan fingerprint density at radius 3 is 2.72 bits per heavy atom. The Morgan fingerprint density at radius 2 is 1.97 bits per heavy atom. The van der Waals surface area contributed by atoms with E-state index in [0.29, 0.717) is 35.8 Å². The van der Waals surface area contributed by atoms with Crippen LogP contribution in [0, 0.1) is 10.5 Å². The van der Waals surface area contributed by atoms with Gasteiger partial charge in [0.15, 0.2) is 11.6 Å². The lowest BCUT2D eigenvalue weighted by atomic mass is 10.0. The first kappa shape index (κ1) is 19.8. The van der Waals surface area contributed by atoms with Gasteiger partial charge in [-0.25, -0.2) is 4.98 Å². The van der Waals surface area contributed by atoms with E-state index in [1.165, 1.54) is 11.6 Å². The molecule has 0 saturated heterocycles. The maximum Gasteiger partial charge on any atom is 0.573 e. The first-order chi connectivity index (χ1) is 13.8. The van der Waals surface area contributed by atoms with E-state index >= 15 is 0 Å². The number of halogens is 4. The number of imidazole rings is 1. The molecule has 0 fully saturated rings. The highest BCUT2D eigenvalue weighted by Crippen LogP contribution is 2.35. The Balaban J connectivity index is 1.64. The number of rotatable bonds is 4. The van der Waals surface area contributed by atoms with Crippen LogP contribution in [0.15, 0.2) is 58.9 Å². The minimum atomic E-state index is -4.75. The lowest BCUT2D eigenvalue weighted by Gasteiger charge is -2.16. The van der Waals surface area contributed by atoms with Crippen LogP contribution in [0.5, 0.6) is 0 Å². The van der Waals surface area contributed by atoms with Crippen LogP contribution in [-0.2, 0) is 4.74 Å². The van der Waals surface area contributed by atoms with E-state index in [-0.39, 0.29) is 5.76 Å². The molecule has 1 aliphatic rings. The lowest BCUT2D eigenvalue weighted by molar-refractivity contribution is -0.303. The van der Waals surface area contributed by atoms with Gasteiger partial charge < -0.3 is 14.1 Å². The zero-order valence-electron chi connectivity index (χ0n) is 15.3. The molecule has 2 aromatic heterocycles. The van der Waals surface area contributed by atoms with Crippen molar-refractivity contribution >= 4 is 28.2 Å². The Hall–Kier alpha value is -2.49. The Labute approximate surface area is 178 Å². The van der Waals surface area contributed by atoms with Crippen LogP contribution in [0.4, 0.5) is 13.2 Å². The molecule has 8 heteroatoms. The molecule has 29 heavy (non-hydrogen) atoms. The number of nitrogens with zero attached hydrogens (tertiary/aromatic N) is 1. The zero-order chi connectivity index (χ0) is 20.6. The van der Waals surface area contributed by atoms with Gasteiger partial charge in [-0.1, -0.05) is 23.8 Å². The first-order valence-corrected chi connectivity index (χ1v) is 9.95. The quantitative estimate of drug-likeness (QED) is 0.390. The van der Waals surface area contributed by atoms with Crippen LogP contribution in [0.25, 0.3) is 28.4 Å². The summed E-state index contributed by atoms with van der Waals surface area (Å²) in [5, 5.41) is 0. The average Bonchev–Trinajstić information content (AvgIpc) is 3.30. The number of nitrogens with one attached hydrogen (secondary N) is 1. The summed E-state index contributed by atoms with van der Waals surface area (Å²) in [4.78, 5) is 7.59. The van der Waals surface area contributed by atoms with Crippen LogP contribution < -0.4 is 0 Å². The van der Waals surface area contributed by atoms with E-state index in [0.717, 1.165) is 14.8 Å². The van der Waals surface area contributed by atoms with E-state index in [2.05, 4.69) is 43.4 Å². The fourth-order valence-corrected chi connectivity index (χ4v) is 4.12. The van der Waals surface area contributed by atoms with E-state index in [1.807, 2.05) is 19.1 Å². The maximum atomic E-state index is 12.7. The normalized spacial score (nSPS) is 14.5. The molecule has 1 N–H and O–H groups in total. The molecule has 0 unspecified atom stereocenters. The highest BCUT2D eigenvalue weighted by molar-refractivity contribution is 14.1. The molecule has 4 nitrogen and oxygen atoms in total. The minimum Gasteiger partial charge on any atom is -0.453 e. The lowest BCUT2D eigenvalue weighted by Crippen LogP contribution is -2.14. The van der Waals surface area contributed by atoms with E-state index in [9.17, 15) is 13.2 Å². The molecular weight excluding hydrogens is 496 g/mol. The molecule has 2 heterocycles. The Morgan fingerprint density at radius 1 is 1.17 bits per heavy atom. The van der Waals surface area contributed by atoms with E-state index in [4.69, 9.17) is 4.42 Å². The Kier molecular flexibility index (Phi) is 5.28. The van der Waals surface area contributed by atoms with Gasteiger partial charge in [-0.05, 0) is 66.6 Å². The van der Waals surface area contributed by atoms with Crippen LogP contribution >= 0.6 is 22.6 Å². The molecular formula is C21H16F3IN2O2. The average molecular weight is 512 g/mol. The van der Waals surface area contributed by atoms with Crippen LogP contribution in [0.2, 0.25) is 0 Å². The van der Waals surface area contributed by atoms with Crippen molar-refractivity contribution in [3.05, 3.63) is 69.3 Å².